The fourth-order valence-corrected chi connectivity index (χ4v) is 2.32. The van der Waals surface area contributed by atoms with Gasteiger partial charge >= 0.3 is 0 Å². The first-order valence-corrected chi connectivity index (χ1v) is 7.79. The molecule has 0 aliphatic rings. The highest BCUT2D eigenvalue weighted by Crippen LogP contribution is 2.21. The number of carbonyl (C=O) groups is 1. The van der Waals surface area contributed by atoms with E-state index in [1.807, 2.05) is 56.3 Å². The van der Waals surface area contributed by atoms with Crippen LogP contribution in [0.25, 0.3) is 0 Å². The van der Waals surface area contributed by atoms with Crippen LogP contribution in [0.3, 0.4) is 0 Å². The van der Waals surface area contributed by atoms with E-state index in [0.717, 1.165) is 5.56 Å². The lowest BCUT2D eigenvalue weighted by Gasteiger charge is -2.20. The van der Waals surface area contributed by atoms with Gasteiger partial charge in [-0.15, -0.1) is 0 Å². The molecule has 4 heteroatoms. The molecule has 116 valence electrons. The van der Waals surface area contributed by atoms with E-state index in [4.69, 9.17) is 16.3 Å². The quantitative estimate of drug-likeness (QED) is 0.790. The van der Waals surface area contributed by atoms with E-state index in [0.29, 0.717) is 36.0 Å². The summed E-state index contributed by atoms with van der Waals surface area (Å²) >= 11 is 5.87. The van der Waals surface area contributed by atoms with Crippen molar-refractivity contribution < 1.29 is 9.53 Å². The molecule has 22 heavy (non-hydrogen) atoms. The van der Waals surface area contributed by atoms with Crippen molar-refractivity contribution >= 4 is 17.5 Å². The topological polar surface area (TPSA) is 29.5 Å². The molecule has 0 saturated carbocycles. The van der Waals surface area contributed by atoms with Gasteiger partial charge in [-0.3, -0.25) is 4.79 Å². The minimum absolute atomic E-state index is 0.00305. The second kappa shape index (κ2) is 7.85. The zero-order valence-corrected chi connectivity index (χ0v) is 13.6. The molecule has 2 aromatic carbocycles. The monoisotopic (exact) mass is 317 g/mol. The van der Waals surface area contributed by atoms with Crippen LogP contribution >= 0.6 is 11.6 Å². The Kier molecular flexibility index (Phi) is 5.84. The molecule has 0 bridgehead atoms. The molecular weight excluding hydrogens is 298 g/mol. The van der Waals surface area contributed by atoms with E-state index in [2.05, 4.69) is 0 Å². The Balaban J connectivity index is 2.14. The van der Waals surface area contributed by atoms with E-state index >= 15 is 0 Å². The molecule has 0 N–H and O–H groups in total. The van der Waals surface area contributed by atoms with Gasteiger partial charge in [0.1, 0.15) is 12.4 Å². The summed E-state index contributed by atoms with van der Waals surface area (Å²) in [6, 6.07) is 14.8. The lowest BCUT2D eigenvalue weighted by atomic mass is 10.1. The maximum absolute atomic E-state index is 12.5. The van der Waals surface area contributed by atoms with Gasteiger partial charge in [-0.25, -0.2) is 0 Å². The Morgan fingerprint density at radius 1 is 1.05 bits per heavy atom. The molecule has 2 aromatic rings. The first kappa shape index (κ1) is 16.4. The fourth-order valence-electron chi connectivity index (χ4n) is 2.19. The van der Waals surface area contributed by atoms with Crippen molar-refractivity contribution in [1.82, 2.24) is 4.90 Å². The standard InChI is InChI=1S/C18H20ClNO2/c1-3-20(4-2)18(21)16-7-5-6-8-17(16)22-13-14-9-11-15(19)12-10-14/h5-12H,3-4,13H2,1-2H3. The lowest BCUT2D eigenvalue weighted by Crippen LogP contribution is -2.30. The molecule has 0 radical (unpaired) electrons. The van der Waals surface area contributed by atoms with Crippen LogP contribution in [0.2, 0.25) is 5.02 Å². The van der Waals surface area contributed by atoms with Gasteiger partial charge in [0.15, 0.2) is 0 Å². The number of nitrogens with zero attached hydrogens (tertiary/aromatic N) is 1. The van der Waals surface area contributed by atoms with Crippen molar-refractivity contribution in [2.45, 2.75) is 20.5 Å². The second-order valence-electron chi connectivity index (χ2n) is 4.89. The zero-order valence-electron chi connectivity index (χ0n) is 12.9. The summed E-state index contributed by atoms with van der Waals surface area (Å²) in [5.74, 6) is 0.603. The number of benzene rings is 2. The Morgan fingerprint density at radius 2 is 1.68 bits per heavy atom. The van der Waals surface area contributed by atoms with Crippen LogP contribution < -0.4 is 4.74 Å². The SMILES string of the molecule is CCN(CC)C(=O)c1ccccc1OCc1ccc(Cl)cc1. The van der Waals surface area contributed by atoms with Gasteiger partial charge in [0.05, 0.1) is 5.56 Å². The number of ether oxygens (including phenoxy) is 1. The number of hydrogen-bond acceptors (Lipinski definition) is 2. The summed E-state index contributed by atoms with van der Waals surface area (Å²) in [6.45, 7) is 5.71. The maximum Gasteiger partial charge on any atom is 0.257 e. The lowest BCUT2D eigenvalue weighted by molar-refractivity contribution is 0.0768. The highest BCUT2D eigenvalue weighted by Gasteiger charge is 2.16. The molecule has 2 rings (SSSR count). The molecule has 0 fully saturated rings. The molecule has 0 saturated heterocycles. The van der Waals surface area contributed by atoms with E-state index in [-0.39, 0.29) is 5.91 Å². The largest absolute Gasteiger partial charge is 0.488 e. The number of amides is 1. The van der Waals surface area contributed by atoms with Crippen LogP contribution in [-0.4, -0.2) is 23.9 Å². The van der Waals surface area contributed by atoms with E-state index in [1.54, 1.807) is 11.0 Å². The van der Waals surface area contributed by atoms with Crippen molar-refractivity contribution in [2.75, 3.05) is 13.1 Å². The van der Waals surface area contributed by atoms with Crippen LogP contribution in [0, 0.1) is 0 Å². The highest BCUT2D eigenvalue weighted by molar-refractivity contribution is 6.30. The maximum atomic E-state index is 12.5. The minimum Gasteiger partial charge on any atom is -0.488 e. The predicted octanol–water partition coefficient (Wildman–Crippen LogP) is 4.40. The van der Waals surface area contributed by atoms with Gasteiger partial charge in [0.25, 0.3) is 5.91 Å². The summed E-state index contributed by atoms with van der Waals surface area (Å²) in [5, 5.41) is 0.695. The average molecular weight is 318 g/mol. The highest BCUT2D eigenvalue weighted by atomic mass is 35.5. The van der Waals surface area contributed by atoms with Gasteiger partial charge in [0, 0.05) is 18.1 Å². The van der Waals surface area contributed by atoms with Gasteiger partial charge < -0.3 is 9.64 Å². The molecule has 3 nitrogen and oxygen atoms in total. The second-order valence-corrected chi connectivity index (χ2v) is 5.33. The van der Waals surface area contributed by atoms with Crippen molar-refractivity contribution in [2.24, 2.45) is 0 Å². The summed E-state index contributed by atoms with van der Waals surface area (Å²) in [6.07, 6.45) is 0. The smallest absolute Gasteiger partial charge is 0.257 e. The summed E-state index contributed by atoms with van der Waals surface area (Å²) in [4.78, 5) is 14.3. The molecule has 0 unspecified atom stereocenters. The molecule has 0 spiro atoms. The van der Waals surface area contributed by atoms with E-state index in [1.165, 1.54) is 0 Å². The van der Waals surface area contributed by atoms with E-state index in [9.17, 15) is 4.79 Å². The Hall–Kier alpha value is -2.00. The van der Waals surface area contributed by atoms with Crippen molar-refractivity contribution in [3.05, 3.63) is 64.7 Å². The third-order valence-corrected chi connectivity index (χ3v) is 3.73. The first-order valence-electron chi connectivity index (χ1n) is 7.41. The fraction of sp³-hybridized carbons (Fsp3) is 0.278. The average Bonchev–Trinajstić information content (AvgIpc) is 2.55. The molecule has 0 aliphatic carbocycles. The van der Waals surface area contributed by atoms with Crippen LogP contribution in [0.1, 0.15) is 29.8 Å². The summed E-state index contributed by atoms with van der Waals surface area (Å²) in [7, 11) is 0. The Morgan fingerprint density at radius 3 is 2.32 bits per heavy atom. The molecule has 1 amide bonds. The van der Waals surface area contributed by atoms with Crippen LogP contribution in [0.15, 0.2) is 48.5 Å². The third-order valence-electron chi connectivity index (χ3n) is 3.48. The normalized spacial score (nSPS) is 10.3. The van der Waals surface area contributed by atoms with Crippen LogP contribution in [0.4, 0.5) is 0 Å². The summed E-state index contributed by atoms with van der Waals surface area (Å²) < 4.78 is 5.83. The number of para-hydroxylation sites is 1. The number of carbonyl (C=O) groups excluding carboxylic acids is 1. The number of rotatable bonds is 6. The zero-order chi connectivity index (χ0) is 15.9. The van der Waals surface area contributed by atoms with Crippen LogP contribution in [-0.2, 0) is 6.61 Å². The number of halogens is 1. The molecule has 0 aliphatic heterocycles. The Labute approximate surface area is 136 Å². The predicted molar refractivity (Wildman–Crippen MR) is 89.5 cm³/mol. The third kappa shape index (κ3) is 4.01. The first-order chi connectivity index (χ1) is 10.7. The molecular formula is C18H20ClNO2. The van der Waals surface area contributed by atoms with Gasteiger partial charge in [-0.1, -0.05) is 35.9 Å². The molecule has 0 aromatic heterocycles. The van der Waals surface area contributed by atoms with Crippen molar-refractivity contribution in [3.63, 3.8) is 0 Å². The molecule has 0 heterocycles. The van der Waals surface area contributed by atoms with Crippen LogP contribution in [0.5, 0.6) is 5.75 Å². The van der Waals surface area contributed by atoms with Crippen molar-refractivity contribution in [3.8, 4) is 5.75 Å². The number of hydrogen-bond donors (Lipinski definition) is 0. The minimum atomic E-state index is -0.00305. The van der Waals surface area contributed by atoms with Crippen molar-refractivity contribution in [1.29, 1.82) is 0 Å². The van der Waals surface area contributed by atoms with Gasteiger partial charge in [-0.05, 0) is 43.7 Å². The Bertz CT molecular complexity index is 621. The van der Waals surface area contributed by atoms with Gasteiger partial charge in [0.2, 0.25) is 0 Å². The van der Waals surface area contributed by atoms with E-state index < -0.39 is 0 Å². The molecule has 0 atom stereocenters. The summed E-state index contributed by atoms with van der Waals surface area (Å²) in [5.41, 5.74) is 1.61. The van der Waals surface area contributed by atoms with Gasteiger partial charge in [-0.2, -0.15) is 0 Å².